The van der Waals surface area contributed by atoms with E-state index in [1.54, 1.807) is 54.6 Å². The SMILES string of the molecule is CC(C)(C)c1ccc(C(=O)c2cccc(NC(=O)c3cc(NS(=O)(=O)c4ccccc4)ccc3Cl)c2)cc1. The van der Waals surface area contributed by atoms with E-state index in [1.807, 2.05) is 12.1 Å². The third-order valence-corrected chi connectivity index (χ3v) is 7.64. The van der Waals surface area contributed by atoms with Crippen molar-refractivity contribution in [2.24, 2.45) is 0 Å². The first-order valence-corrected chi connectivity index (χ1v) is 13.7. The van der Waals surface area contributed by atoms with Crippen LogP contribution in [0.3, 0.4) is 0 Å². The molecule has 38 heavy (non-hydrogen) atoms. The zero-order chi connectivity index (χ0) is 27.5. The van der Waals surface area contributed by atoms with Gasteiger partial charge in [-0.3, -0.25) is 14.3 Å². The van der Waals surface area contributed by atoms with Gasteiger partial charge in [0, 0.05) is 22.5 Å². The number of ketones is 1. The molecule has 0 aromatic heterocycles. The molecule has 1 amide bonds. The van der Waals surface area contributed by atoms with Crippen molar-refractivity contribution < 1.29 is 18.0 Å². The lowest BCUT2D eigenvalue weighted by atomic mass is 9.86. The molecule has 0 atom stereocenters. The number of nitrogens with one attached hydrogen (secondary N) is 2. The van der Waals surface area contributed by atoms with Crippen LogP contribution in [0.25, 0.3) is 0 Å². The zero-order valence-corrected chi connectivity index (χ0v) is 22.7. The number of rotatable bonds is 7. The van der Waals surface area contributed by atoms with Crippen LogP contribution in [-0.4, -0.2) is 20.1 Å². The van der Waals surface area contributed by atoms with E-state index in [2.05, 4.69) is 30.8 Å². The maximum Gasteiger partial charge on any atom is 0.261 e. The lowest BCUT2D eigenvalue weighted by Crippen LogP contribution is -2.16. The molecule has 8 heteroatoms. The first-order valence-electron chi connectivity index (χ1n) is 11.9. The maximum atomic E-state index is 13.1. The Balaban J connectivity index is 1.52. The molecule has 0 saturated carbocycles. The highest BCUT2D eigenvalue weighted by atomic mass is 35.5. The fourth-order valence-corrected chi connectivity index (χ4v) is 5.08. The summed E-state index contributed by atoms with van der Waals surface area (Å²) in [4.78, 5) is 26.2. The fourth-order valence-electron chi connectivity index (χ4n) is 3.80. The average Bonchev–Trinajstić information content (AvgIpc) is 2.89. The molecule has 194 valence electrons. The lowest BCUT2D eigenvalue weighted by molar-refractivity contribution is 0.102. The Morgan fingerprint density at radius 2 is 1.42 bits per heavy atom. The first-order chi connectivity index (χ1) is 17.9. The summed E-state index contributed by atoms with van der Waals surface area (Å²) in [6.45, 7) is 6.32. The van der Waals surface area contributed by atoms with E-state index in [0.717, 1.165) is 5.56 Å². The number of carbonyl (C=O) groups is 2. The van der Waals surface area contributed by atoms with Gasteiger partial charge in [-0.2, -0.15) is 0 Å². The molecule has 0 aliphatic heterocycles. The summed E-state index contributed by atoms with van der Waals surface area (Å²) in [5.41, 5.74) is 2.73. The minimum atomic E-state index is -3.84. The summed E-state index contributed by atoms with van der Waals surface area (Å²) >= 11 is 6.26. The van der Waals surface area contributed by atoms with Crippen molar-refractivity contribution in [3.05, 3.63) is 124 Å². The topological polar surface area (TPSA) is 92.3 Å². The monoisotopic (exact) mass is 546 g/mol. The molecule has 0 aliphatic rings. The van der Waals surface area contributed by atoms with E-state index in [1.165, 1.54) is 30.3 Å². The van der Waals surface area contributed by atoms with Gasteiger partial charge < -0.3 is 5.32 Å². The predicted molar refractivity (Wildman–Crippen MR) is 152 cm³/mol. The molecule has 0 bridgehead atoms. The van der Waals surface area contributed by atoms with E-state index in [9.17, 15) is 18.0 Å². The molecule has 0 heterocycles. The quantitative estimate of drug-likeness (QED) is 0.246. The molecular formula is C30H27ClN2O4S. The normalized spacial score (nSPS) is 11.6. The molecule has 0 radical (unpaired) electrons. The van der Waals surface area contributed by atoms with E-state index in [-0.39, 0.29) is 32.4 Å². The summed E-state index contributed by atoms with van der Waals surface area (Å²) < 4.78 is 27.8. The molecule has 0 fully saturated rings. The second-order valence-electron chi connectivity index (χ2n) is 9.80. The molecule has 2 N–H and O–H groups in total. The Hall–Kier alpha value is -3.94. The Morgan fingerprint density at radius 3 is 2.08 bits per heavy atom. The molecule has 0 saturated heterocycles. The summed E-state index contributed by atoms with van der Waals surface area (Å²) in [6, 6.07) is 26.3. The third kappa shape index (κ3) is 6.30. The Labute approximate surface area is 227 Å². The maximum absolute atomic E-state index is 13.1. The number of halogens is 1. The van der Waals surface area contributed by atoms with Crippen molar-refractivity contribution in [1.82, 2.24) is 0 Å². The van der Waals surface area contributed by atoms with Crippen molar-refractivity contribution in [2.75, 3.05) is 10.0 Å². The number of hydrogen-bond donors (Lipinski definition) is 2. The average molecular weight is 547 g/mol. The number of carbonyl (C=O) groups excluding carboxylic acids is 2. The first kappa shape index (κ1) is 27.1. The highest BCUT2D eigenvalue weighted by Gasteiger charge is 2.18. The number of anilines is 2. The molecule has 4 aromatic rings. The molecule has 4 aromatic carbocycles. The number of hydrogen-bond acceptors (Lipinski definition) is 4. The summed E-state index contributed by atoms with van der Waals surface area (Å²) in [7, 11) is -3.84. The summed E-state index contributed by atoms with van der Waals surface area (Å²) in [5.74, 6) is -0.716. The van der Waals surface area contributed by atoms with Crippen molar-refractivity contribution >= 4 is 44.7 Å². The number of amides is 1. The second kappa shape index (κ2) is 10.8. The van der Waals surface area contributed by atoms with Crippen LogP contribution < -0.4 is 10.0 Å². The van der Waals surface area contributed by atoms with Gasteiger partial charge in [-0.25, -0.2) is 8.42 Å². The van der Waals surface area contributed by atoms with Crippen molar-refractivity contribution in [2.45, 2.75) is 31.1 Å². The fraction of sp³-hybridized carbons (Fsp3) is 0.133. The molecule has 4 rings (SSSR count). The number of benzene rings is 4. The van der Waals surface area contributed by atoms with Crippen LogP contribution in [0.1, 0.15) is 52.6 Å². The minimum absolute atomic E-state index is 0.0222. The highest BCUT2D eigenvalue weighted by molar-refractivity contribution is 7.92. The van der Waals surface area contributed by atoms with E-state index in [0.29, 0.717) is 16.8 Å². The van der Waals surface area contributed by atoms with Crippen molar-refractivity contribution in [1.29, 1.82) is 0 Å². The third-order valence-electron chi connectivity index (χ3n) is 5.91. The molecular weight excluding hydrogens is 520 g/mol. The van der Waals surface area contributed by atoms with E-state index >= 15 is 0 Å². The van der Waals surface area contributed by atoms with Gasteiger partial charge in [0.15, 0.2) is 5.78 Å². The van der Waals surface area contributed by atoms with Crippen LogP contribution in [0.15, 0.2) is 102 Å². The van der Waals surface area contributed by atoms with E-state index in [4.69, 9.17) is 11.6 Å². The van der Waals surface area contributed by atoms with Crippen LogP contribution in [0.5, 0.6) is 0 Å². The van der Waals surface area contributed by atoms with Crippen molar-refractivity contribution in [3.63, 3.8) is 0 Å². The standard InChI is InChI=1S/C30H27ClN2O4S/c1-30(2,3)22-14-12-20(13-15-22)28(34)21-8-7-9-23(18-21)32-29(35)26-19-24(16-17-27(26)31)33-38(36,37)25-10-5-4-6-11-25/h4-19,33H,1-3H3,(H,32,35). The zero-order valence-electron chi connectivity index (χ0n) is 21.2. The van der Waals surface area contributed by atoms with Crippen molar-refractivity contribution in [3.8, 4) is 0 Å². The highest BCUT2D eigenvalue weighted by Crippen LogP contribution is 2.26. The van der Waals surface area contributed by atoms with Gasteiger partial charge in [0.1, 0.15) is 0 Å². The second-order valence-corrected chi connectivity index (χ2v) is 11.9. The van der Waals surface area contributed by atoms with Crippen LogP contribution >= 0.6 is 11.6 Å². The van der Waals surface area contributed by atoms with Gasteiger partial charge >= 0.3 is 0 Å². The Kier molecular flexibility index (Phi) is 7.71. The van der Waals surface area contributed by atoms with Crippen LogP contribution in [0.4, 0.5) is 11.4 Å². The predicted octanol–water partition coefficient (Wildman–Crippen LogP) is 6.92. The largest absolute Gasteiger partial charge is 0.322 e. The molecule has 0 aliphatic carbocycles. The Morgan fingerprint density at radius 1 is 0.737 bits per heavy atom. The van der Waals surface area contributed by atoms with Crippen LogP contribution in [-0.2, 0) is 15.4 Å². The van der Waals surface area contributed by atoms with Gasteiger partial charge in [-0.05, 0) is 53.4 Å². The van der Waals surface area contributed by atoms with E-state index < -0.39 is 15.9 Å². The van der Waals surface area contributed by atoms with Gasteiger partial charge in [0.2, 0.25) is 0 Å². The van der Waals surface area contributed by atoms with Gasteiger partial charge in [-0.15, -0.1) is 0 Å². The van der Waals surface area contributed by atoms with Crippen LogP contribution in [0, 0.1) is 0 Å². The molecule has 0 spiro atoms. The summed E-state index contributed by atoms with van der Waals surface area (Å²) in [5, 5.41) is 2.89. The molecule has 6 nitrogen and oxygen atoms in total. The number of sulfonamides is 1. The van der Waals surface area contributed by atoms with Gasteiger partial charge in [0.25, 0.3) is 15.9 Å². The summed E-state index contributed by atoms with van der Waals surface area (Å²) in [6.07, 6.45) is 0. The van der Waals surface area contributed by atoms with Gasteiger partial charge in [-0.1, -0.05) is 87.0 Å². The molecule has 0 unspecified atom stereocenters. The Bertz CT molecular complexity index is 1590. The smallest absolute Gasteiger partial charge is 0.261 e. The van der Waals surface area contributed by atoms with Gasteiger partial charge in [0.05, 0.1) is 15.5 Å². The minimum Gasteiger partial charge on any atom is -0.322 e. The van der Waals surface area contributed by atoms with Crippen LogP contribution in [0.2, 0.25) is 5.02 Å². The lowest BCUT2D eigenvalue weighted by Gasteiger charge is -2.19.